The fourth-order valence-corrected chi connectivity index (χ4v) is 4.75. The van der Waals surface area contributed by atoms with Gasteiger partial charge in [0.1, 0.15) is 0 Å². The first-order valence-corrected chi connectivity index (χ1v) is 11.6. The molecule has 0 unspecified atom stereocenters. The lowest BCUT2D eigenvalue weighted by molar-refractivity contribution is 0.0949. The van der Waals surface area contributed by atoms with Crippen molar-refractivity contribution in [2.24, 2.45) is 0 Å². The van der Waals surface area contributed by atoms with Crippen molar-refractivity contribution in [2.45, 2.75) is 37.2 Å². The molecule has 0 aliphatic carbocycles. The van der Waals surface area contributed by atoms with Crippen LogP contribution in [0.25, 0.3) is 0 Å². The lowest BCUT2D eigenvalue weighted by Gasteiger charge is -2.13. The molecule has 5 rings (SSSR count). The molecule has 1 fully saturated rings. The minimum Gasteiger partial charge on any atom is -0.454 e. The van der Waals surface area contributed by atoms with Crippen LogP contribution < -0.4 is 14.8 Å². The van der Waals surface area contributed by atoms with E-state index in [4.69, 9.17) is 14.2 Å². The highest BCUT2D eigenvalue weighted by Gasteiger charge is 2.20. The van der Waals surface area contributed by atoms with Crippen LogP contribution in [0, 0.1) is 0 Å². The molecule has 3 heterocycles. The van der Waals surface area contributed by atoms with Crippen LogP contribution >= 0.6 is 11.8 Å². The second kappa shape index (κ2) is 9.62. The smallest absolute Gasteiger partial charge is 0.251 e. The molecule has 2 aliphatic rings. The topological polar surface area (TPSA) is 87.5 Å². The molecule has 0 saturated carbocycles. The fraction of sp³-hybridized carbons (Fsp3) is 0.348. The van der Waals surface area contributed by atoms with Gasteiger partial charge >= 0.3 is 0 Å². The first-order chi connectivity index (χ1) is 15.8. The second-order valence-corrected chi connectivity index (χ2v) is 8.65. The summed E-state index contributed by atoms with van der Waals surface area (Å²) >= 11 is 1.65. The summed E-state index contributed by atoms with van der Waals surface area (Å²) in [5.41, 5.74) is 1.66. The third kappa shape index (κ3) is 4.73. The number of thioether (sulfide) groups is 1. The van der Waals surface area contributed by atoms with E-state index >= 15 is 0 Å². The predicted molar refractivity (Wildman–Crippen MR) is 119 cm³/mol. The van der Waals surface area contributed by atoms with Crippen LogP contribution in [-0.4, -0.2) is 45.9 Å². The number of hydrogen-bond donors (Lipinski definition) is 1. The Balaban J connectivity index is 1.30. The zero-order valence-electron chi connectivity index (χ0n) is 17.5. The summed E-state index contributed by atoms with van der Waals surface area (Å²) in [6.45, 7) is 1.92. The van der Waals surface area contributed by atoms with Crippen LogP contribution in [0.15, 0.2) is 53.7 Å². The van der Waals surface area contributed by atoms with Gasteiger partial charge in [-0.15, -0.1) is 10.2 Å². The normalized spacial score (nSPS) is 16.9. The maximum atomic E-state index is 12.7. The maximum absolute atomic E-state index is 12.7. The van der Waals surface area contributed by atoms with E-state index in [2.05, 4.69) is 32.2 Å². The van der Waals surface area contributed by atoms with E-state index in [9.17, 15) is 4.79 Å². The summed E-state index contributed by atoms with van der Waals surface area (Å²) in [6, 6.07) is 15.3. The number of aromatic nitrogens is 3. The standard InChI is InChI=1S/C23H24N4O4S/c28-22(17-8-9-19-20(11-17)31-15-30-19)24-12-21-25-26-23(32-14-18-7-4-10-29-18)27(21)13-16-5-2-1-3-6-16/h1-3,5-6,8-9,11,18H,4,7,10,12-15H2,(H,24,28)/t18-/m0/s1. The Morgan fingerprint density at radius 1 is 1.12 bits per heavy atom. The van der Waals surface area contributed by atoms with Gasteiger partial charge in [0.2, 0.25) is 6.79 Å². The summed E-state index contributed by atoms with van der Waals surface area (Å²) in [6.07, 6.45) is 2.45. The van der Waals surface area contributed by atoms with Gasteiger partial charge in [0, 0.05) is 17.9 Å². The first kappa shape index (κ1) is 20.8. The Bertz CT molecular complexity index is 1080. The first-order valence-electron chi connectivity index (χ1n) is 10.6. The summed E-state index contributed by atoms with van der Waals surface area (Å²) in [5, 5.41) is 12.6. The van der Waals surface area contributed by atoms with E-state index in [1.807, 2.05) is 18.2 Å². The van der Waals surface area contributed by atoms with Gasteiger partial charge in [0.05, 0.1) is 19.2 Å². The van der Waals surface area contributed by atoms with Crippen molar-refractivity contribution in [2.75, 3.05) is 19.2 Å². The van der Waals surface area contributed by atoms with Gasteiger partial charge in [-0.25, -0.2) is 0 Å². The van der Waals surface area contributed by atoms with Gasteiger partial charge in [-0.2, -0.15) is 0 Å². The van der Waals surface area contributed by atoms with Gasteiger partial charge in [-0.3, -0.25) is 4.79 Å². The van der Waals surface area contributed by atoms with Gasteiger partial charge < -0.3 is 24.1 Å². The number of rotatable bonds is 8. The van der Waals surface area contributed by atoms with Crippen LogP contribution in [0.2, 0.25) is 0 Å². The van der Waals surface area contributed by atoms with Crippen molar-refractivity contribution >= 4 is 17.7 Å². The molecule has 0 spiro atoms. The predicted octanol–water partition coefficient (Wildman–Crippen LogP) is 3.26. The lowest BCUT2D eigenvalue weighted by atomic mass is 10.2. The summed E-state index contributed by atoms with van der Waals surface area (Å²) in [7, 11) is 0. The average Bonchev–Trinajstić information content (AvgIpc) is 3.58. The molecule has 0 radical (unpaired) electrons. The highest BCUT2D eigenvalue weighted by Crippen LogP contribution is 2.32. The molecule has 1 amide bonds. The molecule has 9 heteroatoms. The molecule has 1 N–H and O–H groups in total. The number of amides is 1. The number of ether oxygens (including phenoxy) is 3. The van der Waals surface area contributed by atoms with Crippen LogP contribution in [0.1, 0.15) is 34.6 Å². The van der Waals surface area contributed by atoms with Crippen LogP contribution in [0.3, 0.4) is 0 Å². The van der Waals surface area contributed by atoms with E-state index in [1.54, 1.807) is 30.0 Å². The molecular weight excluding hydrogens is 428 g/mol. The summed E-state index contributed by atoms with van der Waals surface area (Å²) < 4.78 is 18.5. The summed E-state index contributed by atoms with van der Waals surface area (Å²) in [5.74, 6) is 2.58. The number of nitrogens with one attached hydrogen (secondary N) is 1. The van der Waals surface area contributed by atoms with Gasteiger partial charge in [-0.1, -0.05) is 42.1 Å². The molecule has 166 valence electrons. The van der Waals surface area contributed by atoms with Gasteiger partial charge in [-0.05, 0) is 36.6 Å². The van der Waals surface area contributed by atoms with Crippen LogP contribution in [-0.2, 0) is 17.8 Å². The largest absolute Gasteiger partial charge is 0.454 e. The van der Waals surface area contributed by atoms with Crippen molar-refractivity contribution in [1.29, 1.82) is 0 Å². The van der Waals surface area contributed by atoms with E-state index < -0.39 is 0 Å². The molecule has 1 aromatic heterocycles. The minimum atomic E-state index is -0.203. The molecule has 8 nitrogen and oxygen atoms in total. The quantitative estimate of drug-likeness (QED) is 0.525. The molecule has 32 heavy (non-hydrogen) atoms. The highest BCUT2D eigenvalue weighted by molar-refractivity contribution is 7.99. The zero-order valence-corrected chi connectivity index (χ0v) is 18.3. The number of benzene rings is 2. The third-order valence-electron chi connectivity index (χ3n) is 5.44. The van der Waals surface area contributed by atoms with Gasteiger partial charge in [0.15, 0.2) is 22.5 Å². The third-order valence-corrected chi connectivity index (χ3v) is 6.54. The molecule has 0 bridgehead atoms. The molecule has 2 aromatic carbocycles. The Kier molecular flexibility index (Phi) is 6.27. The Morgan fingerprint density at radius 3 is 2.84 bits per heavy atom. The SMILES string of the molecule is O=C(NCc1nnc(SC[C@@H]2CCCO2)n1Cc1ccccc1)c1ccc2c(c1)OCO2. The van der Waals surface area contributed by atoms with Crippen LogP contribution in [0.5, 0.6) is 11.5 Å². The maximum Gasteiger partial charge on any atom is 0.251 e. The lowest BCUT2D eigenvalue weighted by Crippen LogP contribution is -2.25. The highest BCUT2D eigenvalue weighted by atomic mass is 32.2. The molecule has 2 aliphatic heterocycles. The molecular formula is C23H24N4O4S. The Morgan fingerprint density at radius 2 is 2.00 bits per heavy atom. The monoisotopic (exact) mass is 452 g/mol. The van der Waals surface area contributed by atoms with Gasteiger partial charge in [0.25, 0.3) is 5.91 Å². The second-order valence-electron chi connectivity index (χ2n) is 7.67. The van der Waals surface area contributed by atoms with Crippen LogP contribution in [0.4, 0.5) is 0 Å². The number of hydrogen-bond acceptors (Lipinski definition) is 7. The number of carbonyl (C=O) groups is 1. The van der Waals surface area contributed by atoms with E-state index in [0.717, 1.165) is 35.9 Å². The number of carbonyl (C=O) groups excluding carboxylic acids is 1. The molecule has 1 atom stereocenters. The van der Waals surface area contributed by atoms with Crippen molar-refractivity contribution in [3.63, 3.8) is 0 Å². The van der Waals surface area contributed by atoms with Crippen molar-refractivity contribution in [1.82, 2.24) is 20.1 Å². The number of nitrogens with zero attached hydrogens (tertiary/aromatic N) is 3. The summed E-state index contributed by atoms with van der Waals surface area (Å²) in [4.78, 5) is 12.7. The zero-order chi connectivity index (χ0) is 21.8. The number of fused-ring (bicyclic) bond motifs is 1. The van der Waals surface area contributed by atoms with E-state index in [-0.39, 0.29) is 25.3 Å². The Hall–Kier alpha value is -3.04. The van der Waals surface area contributed by atoms with E-state index in [0.29, 0.717) is 29.4 Å². The molecule has 1 saturated heterocycles. The average molecular weight is 453 g/mol. The Labute approximate surface area is 190 Å². The van der Waals surface area contributed by atoms with Crippen molar-refractivity contribution in [3.05, 3.63) is 65.5 Å². The van der Waals surface area contributed by atoms with Crippen molar-refractivity contribution < 1.29 is 19.0 Å². The van der Waals surface area contributed by atoms with E-state index in [1.165, 1.54) is 0 Å². The minimum absolute atomic E-state index is 0.176. The molecule has 3 aromatic rings. The van der Waals surface area contributed by atoms with Crippen molar-refractivity contribution in [3.8, 4) is 11.5 Å². The fourth-order valence-electron chi connectivity index (χ4n) is 3.72.